The maximum atomic E-state index is 11.2. The molecule has 72 valence electrons. The number of aromatic amines is 1. The van der Waals surface area contributed by atoms with E-state index >= 15 is 0 Å². The Kier molecular flexibility index (Phi) is 4.30. The average Bonchev–Trinajstić information content (AvgIpc) is 2.15. The zero-order valence-electron chi connectivity index (χ0n) is 8.18. The number of aryl methyl sites for hydroxylation is 1. The first-order valence-electron chi connectivity index (χ1n) is 5.01. The molecule has 0 aliphatic carbocycles. The van der Waals surface area contributed by atoms with Gasteiger partial charge in [-0.2, -0.15) is 0 Å². The lowest BCUT2D eigenvalue weighted by Gasteiger charge is -1.98. The number of unbranched alkanes of at least 4 members (excludes halogenated alkanes) is 3. The van der Waals surface area contributed by atoms with Gasteiger partial charge in [0.05, 0.1) is 0 Å². The first kappa shape index (κ1) is 10.0. The molecule has 0 unspecified atom stereocenters. The molecule has 13 heavy (non-hydrogen) atoms. The molecule has 1 heterocycles. The molecule has 0 radical (unpaired) electrons. The van der Waals surface area contributed by atoms with Crippen LogP contribution in [-0.4, -0.2) is 4.98 Å². The Morgan fingerprint density at radius 2 is 2.15 bits per heavy atom. The van der Waals surface area contributed by atoms with E-state index in [9.17, 15) is 4.79 Å². The Morgan fingerprint density at radius 1 is 1.31 bits per heavy atom. The molecule has 0 fully saturated rings. The Labute approximate surface area is 79.0 Å². The fourth-order valence-corrected chi connectivity index (χ4v) is 1.40. The second-order valence-electron chi connectivity index (χ2n) is 3.34. The van der Waals surface area contributed by atoms with Crippen LogP contribution in [-0.2, 0) is 6.42 Å². The summed E-state index contributed by atoms with van der Waals surface area (Å²) in [5.74, 6) is 0. The minimum atomic E-state index is 0.0685. The van der Waals surface area contributed by atoms with Crippen LogP contribution in [0.1, 0.15) is 38.2 Å². The van der Waals surface area contributed by atoms with Gasteiger partial charge in [0, 0.05) is 11.8 Å². The fraction of sp³-hybridized carbons (Fsp3) is 0.545. The van der Waals surface area contributed by atoms with Gasteiger partial charge in [-0.15, -0.1) is 0 Å². The first-order chi connectivity index (χ1) is 6.34. The number of nitrogens with one attached hydrogen (secondary N) is 1. The van der Waals surface area contributed by atoms with Gasteiger partial charge in [0.2, 0.25) is 0 Å². The number of hydrogen-bond acceptors (Lipinski definition) is 1. The van der Waals surface area contributed by atoms with Crippen LogP contribution in [0.25, 0.3) is 0 Å². The van der Waals surface area contributed by atoms with Crippen LogP contribution in [0.15, 0.2) is 23.1 Å². The number of aromatic nitrogens is 1. The van der Waals surface area contributed by atoms with Crippen molar-refractivity contribution in [2.24, 2.45) is 0 Å². The highest BCUT2D eigenvalue weighted by atomic mass is 16.1. The van der Waals surface area contributed by atoms with E-state index in [-0.39, 0.29) is 5.56 Å². The maximum Gasteiger partial charge on any atom is 0.251 e. The van der Waals surface area contributed by atoms with Crippen molar-refractivity contribution in [1.29, 1.82) is 0 Å². The first-order valence-corrected chi connectivity index (χ1v) is 5.01. The molecule has 0 saturated carbocycles. The van der Waals surface area contributed by atoms with Gasteiger partial charge in [-0.05, 0) is 18.9 Å². The van der Waals surface area contributed by atoms with Crippen LogP contribution in [0, 0.1) is 0 Å². The van der Waals surface area contributed by atoms with E-state index in [0.717, 1.165) is 18.4 Å². The smallest absolute Gasteiger partial charge is 0.251 e. The quantitative estimate of drug-likeness (QED) is 0.692. The molecule has 0 spiro atoms. The molecule has 0 aliphatic heterocycles. The molecule has 2 heteroatoms. The largest absolute Gasteiger partial charge is 0.329 e. The predicted molar refractivity (Wildman–Crippen MR) is 54.9 cm³/mol. The second-order valence-corrected chi connectivity index (χ2v) is 3.34. The summed E-state index contributed by atoms with van der Waals surface area (Å²) in [5, 5.41) is 0. The van der Waals surface area contributed by atoms with Crippen molar-refractivity contribution in [2.75, 3.05) is 0 Å². The molecule has 0 amide bonds. The van der Waals surface area contributed by atoms with Gasteiger partial charge < -0.3 is 4.98 Å². The van der Waals surface area contributed by atoms with Gasteiger partial charge in [0.25, 0.3) is 5.56 Å². The second kappa shape index (κ2) is 5.57. The molecule has 1 N–H and O–H groups in total. The third-order valence-electron chi connectivity index (χ3n) is 2.20. The standard InChI is InChI=1S/C11H17NO/c1-2-3-4-5-7-10-8-6-9-12-11(10)13/h6,8-9H,2-5,7H2,1H3,(H,12,13). The van der Waals surface area contributed by atoms with Crippen molar-refractivity contribution in [3.63, 3.8) is 0 Å². The minimum Gasteiger partial charge on any atom is -0.329 e. The molecular formula is C11H17NO. The molecule has 0 atom stereocenters. The van der Waals surface area contributed by atoms with Gasteiger partial charge in [-0.3, -0.25) is 4.79 Å². The average molecular weight is 179 g/mol. The summed E-state index contributed by atoms with van der Waals surface area (Å²) in [7, 11) is 0. The van der Waals surface area contributed by atoms with Gasteiger partial charge in [0.1, 0.15) is 0 Å². The molecule has 0 aliphatic rings. The van der Waals surface area contributed by atoms with Gasteiger partial charge in [-0.1, -0.05) is 32.3 Å². The van der Waals surface area contributed by atoms with Crippen LogP contribution in [0.2, 0.25) is 0 Å². The lowest BCUT2D eigenvalue weighted by Crippen LogP contribution is -2.10. The summed E-state index contributed by atoms with van der Waals surface area (Å²) in [6.07, 6.45) is 7.45. The van der Waals surface area contributed by atoms with Crippen molar-refractivity contribution in [3.05, 3.63) is 34.2 Å². The van der Waals surface area contributed by atoms with E-state index in [4.69, 9.17) is 0 Å². The normalized spacial score (nSPS) is 10.2. The maximum absolute atomic E-state index is 11.2. The van der Waals surface area contributed by atoms with Crippen molar-refractivity contribution in [2.45, 2.75) is 39.0 Å². The van der Waals surface area contributed by atoms with Crippen LogP contribution in [0.5, 0.6) is 0 Å². The predicted octanol–water partition coefficient (Wildman–Crippen LogP) is 2.50. The van der Waals surface area contributed by atoms with Gasteiger partial charge in [0.15, 0.2) is 0 Å². The van der Waals surface area contributed by atoms with Crippen LogP contribution in [0.4, 0.5) is 0 Å². The molecule has 1 aromatic rings. The summed E-state index contributed by atoms with van der Waals surface area (Å²) in [6, 6.07) is 3.79. The minimum absolute atomic E-state index is 0.0685. The summed E-state index contributed by atoms with van der Waals surface area (Å²) in [5.41, 5.74) is 0.984. The summed E-state index contributed by atoms with van der Waals surface area (Å²) in [6.45, 7) is 2.19. The Balaban J connectivity index is 2.37. The Morgan fingerprint density at radius 3 is 2.85 bits per heavy atom. The van der Waals surface area contributed by atoms with E-state index in [1.54, 1.807) is 6.20 Å². The Hall–Kier alpha value is -1.05. The molecule has 0 saturated heterocycles. The Bertz CT molecular complexity index is 290. The molecule has 0 bridgehead atoms. The van der Waals surface area contributed by atoms with E-state index in [1.165, 1.54) is 19.3 Å². The highest BCUT2D eigenvalue weighted by Gasteiger charge is 1.96. The topological polar surface area (TPSA) is 32.9 Å². The summed E-state index contributed by atoms with van der Waals surface area (Å²) in [4.78, 5) is 13.9. The van der Waals surface area contributed by atoms with Crippen molar-refractivity contribution in [3.8, 4) is 0 Å². The molecule has 1 rings (SSSR count). The third kappa shape index (κ3) is 3.45. The number of pyridine rings is 1. The van der Waals surface area contributed by atoms with Crippen LogP contribution >= 0.6 is 0 Å². The molecule has 0 aromatic carbocycles. The molecular weight excluding hydrogens is 162 g/mol. The zero-order valence-corrected chi connectivity index (χ0v) is 8.18. The van der Waals surface area contributed by atoms with Crippen molar-refractivity contribution in [1.82, 2.24) is 4.98 Å². The highest BCUT2D eigenvalue weighted by molar-refractivity contribution is 5.08. The van der Waals surface area contributed by atoms with E-state index in [1.807, 2.05) is 12.1 Å². The number of rotatable bonds is 5. The van der Waals surface area contributed by atoms with Crippen molar-refractivity contribution >= 4 is 0 Å². The third-order valence-corrected chi connectivity index (χ3v) is 2.20. The van der Waals surface area contributed by atoms with E-state index in [2.05, 4.69) is 11.9 Å². The number of H-pyrrole nitrogens is 1. The summed E-state index contributed by atoms with van der Waals surface area (Å²) >= 11 is 0. The summed E-state index contributed by atoms with van der Waals surface area (Å²) < 4.78 is 0. The van der Waals surface area contributed by atoms with E-state index < -0.39 is 0 Å². The molecule has 1 aromatic heterocycles. The lowest BCUT2D eigenvalue weighted by atomic mass is 10.1. The molecule has 2 nitrogen and oxygen atoms in total. The van der Waals surface area contributed by atoms with Crippen molar-refractivity contribution < 1.29 is 0 Å². The zero-order chi connectivity index (χ0) is 9.52. The lowest BCUT2D eigenvalue weighted by molar-refractivity contribution is 0.664. The van der Waals surface area contributed by atoms with Gasteiger partial charge >= 0.3 is 0 Å². The van der Waals surface area contributed by atoms with Crippen LogP contribution in [0.3, 0.4) is 0 Å². The highest BCUT2D eigenvalue weighted by Crippen LogP contribution is 2.03. The van der Waals surface area contributed by atoms with E-state index in [0.29, 0.717) is 0 Å². The number of hydrogen-bond donors (Lipinski definition) is 1. The van der Waals surface area contributed by atoms with Crippen LogP contribution < -0.4 is 5.56 Å². The SMILES string of the molecule is CCCCCCc1ccc[nH]c1=O. The van der Waals surface area contributed by atoms with Gasteiger partial charge in [-0.25, -0.2) is 0 Å². The monoisotopic (exact) mass is 179 g/mol. The fourth-order valence-electron chi connectivity index (χ4n) is 1.40.